The molecule has 0 fully saturated rings. The second-order valence-electron chi connectivity index (χ2n) is 12.3. The van der Waals surface area contributed by atoms with E-state index in [1.807, 2.05) is 107 Å². The first kappa shape index (κ1) is 33.9. The molecular weight excluding hydrogens is 676 g/mol. The summed E-state index contributed by atoms with van der Waals surface area (Å²) in [6.45, 7) is 11.6. The Kier molecular flexibility index (Phi) is 10.5. The maximum atomic E-state index is 13.5. The van der Waals surface area contributed by atoms with Gasteiger partial charge in [0.1, 0.15) is 17.7 Å². The van der Waals surface area contributed by atoms with Crippen molar-refractivity contribution in [2.45, 2.75) is 68.9 Å². The van der Waals surface area contributed by atoms with Crippen LogP contribution in [0.2, 0.25) is 0 Å². The van der Waals surface area contributed by atoms with Gasteiger partial charge in [0.05, 0.1) is 17.1 Å². The summed E-state index contributed by atoms with van der Waals surface area (Å²) in [7, 11) is 0. The van der Waals surface area contributed by atoms with Crippen LogP contribution < -0.4 is 16.0 Å². The highest BCUT2D eigenvalue weighted by molar-refractivity contribution is 9.10. The van der Waals surface area contributed by atoms with Crippen LogP contribution in [-0.2, 0) is 4.74 Å². The Balaban J connectivity index is 1.43. The number of hydrogen-bond acceptors (Lipinski definition) is 8. The van der Waals surface area contributed by atoms with E-state index >= 15 is 0 Å². The van der Waals surface area contributed by atoms with Crippen LogP contribution in [0.15, 0.2) is 99.5 Å². The number of pyridine rings is 1. The second-order valence-corrected chi connectivity index (χ2v) is 14.4. The van der Waals surface area contributed by atoms with Gasteiger partial charge in [0.15, 0.2) is 5.65 Å². The van der Waals surface area contributed by atoms with Crippen LogP contribution >= 0.6 is 27.7 Å². The maximum absolute atomic E-state index is 13.5. The molecule has 2 amide bonds. The average Bonchev–Trinajstić information content (AvgIpc) is 3.02. The third-order valence-corrected chi connectivity index (χ3v) is 8.66. The number of aromatic nitrogens is 3. The number of ether oxygens (including phenoxy) is 1. The van der Waals surface area contributed by atoms with Gasteiger partial charge in [-0.3, -0.25) is 10.1 Å². The van der Waals surface area contributed by atoms with Gasteiger partial charge >= 0.3 is 6.09 Å². The van der Waals surface area contributed by atoms with Crippen molar-refractivity contribution >= 4 is 67.9 Å². The van der Waals surface area contributed by atoms with Gasteiger partial charge in [-0.25, -0.2) is 19.7 Å². The zero-order valence-corrected chi connectivity index (χ0v) is 29.5. The molecule has 1 unspecified atom stereocenters. The van der Waals surface area contributed by atoms with Gasteiger partial charge in [-0.1, -0.05) is 53.7 Å². The van der Waals surface area contributed by atoms with E-state index < -0.39 is 11.7 Å². The van der Waals surface area contributed by atoms with Gasteiger partial charge < -0.3 is 15.4 Å². The molecule has 0 saturated heterocycles. The first-order chi connectivity index (χ1) is 22.3. The predicted octanol–water partition coefficient (Wildman–Crippen LogP) is 9.64. The monoisotopic (exact) mass is 712 g/mol. The largest absolute Gasteiger partial charge is 0.444 e. The van der Waals surface area contributed by atoms with E-state index in [0.29, 0.717) is 28.4 Å². The fourth-order valence-corrected chi connectivity index (χ4v) is 5.78. The Labute approximate surface area is 287 Å². The third-order valence-electron chi connectivity index (χ3n) is 7.05. The minimum Gasteiger partial charge on any atom is -0.444 e. The van der Waals surface area contributed by atoms with Crippen LogP contribution in [0.3, 0.4) is 0 Å². The Bertz CT molecular complexity index is 1890. The molecule has 5 aromatic rings. The molecule has 47 heavy (non-hydrogen) atoms. The van der Waals surface area contributed by atoms with Crippen molar-refractivity contribution in [3.63, 3.8) is 0 Å². The fraction of sp³-hybridized carbons (Fsp3) is 0.250. The lowest BCUT2D eigenvalue weighted by Gasteiger charge is -2.19. The number of halogens is 1. The van der Waals surface area contributed by atoms with E-state index in [0.717, 1.165) is 30.9 Å². The molecule has 0 spiro atoms. The minimum atomic E-state index is -0.592. The molecule has 0 radical (unpaired) electrons. The van der Waals surface area contributed by atoms with Crippen LogP contribution in [-0.4, -0.2) is 32.6 Å². The molecule has 5 rings (SSSR count). The number of fused-ring (bicyclic) bond motifs is 1. The van der Waals surface area contributed by atoms with Crippen molar-refractivity contribution in [3.8, 4) is 0 Å². The predicted molar refractivity (Wildman–Crippen MR) is 192 cm³/mol. The number of benzene rings is 3. The highest BCUT2D eigenvalue weighted by Crippen LogP contribution is 2.37. The molecule has 0 saturated carbocycles. The smallest absolute Gasteiger partial charge is 0.412 e. The van der Waals surface area contributed by atoms with E-state index in [9.17, 15) is 9.59 Å². The lowest BCUT2D eigenvalue weighted by atomic mass is 10.1. The van der Waals surface area contributed by atoms with Gasteiger partial charge in [-0.2, -0.15) is 0 Å². The molecule has 2 aromatic heterocycles. The summed E-state index contributed by atoms with van der Waals surface area (Å²) >= 11 is 4.98. The Morgan fingerprint density at radius 2 is 1.62 bits per heavy atom. The summed E-state index contributed by atoms with van der Waals surface area (Å²) in [5.74, 6) is 0.639. The molecule has 3 N–H and O–H groups in total. The Hall–Kier alpha value is -4.48. The maximum Gasteiger partial charge on any atom is 0.412 e. The zero-order chi connectivity index (χ0) is 33.7. The quantitative estimate of drug-likeness (QED) is 0.138. The number of carbonyl (C=O) groups excluding carboxylic acids is 2. The van der Waals surface area contributed by atoms with Crippen LogP contribution in [0.25, 0.3) is 11.0 Å². The lowest BCUT2D eigenvalue weighted by molar-refractivity contribution is 0.0635. The summed E-state index contributed by atoms with van der Waals surface area (Å²) < 4.78 is 6.34. The van der Waals surface area contributed by atoms with E-state index in [2.05, 4.69) is 55.7 Å². The van der Waals surface area contributed by atoms with Crippen molar-refractivity contribution in [2.75, 3.05) is 10.6 Å². The summed E-state index contributed by atoms with van der Waals surface area (Å²) in [5.41, 5.74) is 3.76. The third kappa shape index (κ3) is 9.08. The van der Waals surface area contributed by atoms with Gasteiger partial charge in [-0.05, 0) is 106 Å². The molecule has 9 nitrogen and oxygen atoms in total. The van der Waals surface area contributed by atoms with Crippen molar-refractivity contribution in [1.82, 2.24) is 20.3 Å². The summed E-state index contributed by atoms with van der Waals surface area (Å²) in [5, 5.41) is 10.1. The van der Waals surface area contributed by atoms with E-state index in [4.69, 9.17) is 9.72 Å². The topological polar surface area (TPSA) is 118 Å². The molecule has 242 valence electrons. The van der Waals surface area contributed by atoms with Crippen LogP contribution in [0.5, 0.6) is 0 Å². The van der Waals surface area contributed by atoms with E-state index in [1.54, 1.807) is 0 Å². The summed E-state index contributed by atoms with van der Waals surface area (Å²) in [6.07, 6.45) is 0.973. The molecule has 11 heteroatoms. The van der Waals surface area contributed by atoms with Crippen molar-refractivity contribution in [3.05, 3.63) is 106 Å². The molecular formula is C36H37BrN6O3S. The van der Waals surface area contributed by atoms with E-state index in [-0.39, 0.29) is 17.9 Å². The van der Waals surface area contributed by atoms with Gasteiger partial charge in [-0.15, -0.1) is 0 Å². The van der Waals surface area contributed by atoms with Crippen LogP contribution in [0.4, 0.5) is 22.0 Å². The van der Waals surface area contributed by atoms with E-state index in [1.165, 1.54) is 18.1 Å². The number of anilines is 3. The van der Waals surface area contributed by atoms with Crippen LogP contribution in [0, 0.1) is 0 Å². The van der Waals surface area contributed by atoms with Gasteiger partial charge in [0, 0.05) is 31.2 Å². The average molecular weight is 714 g/mol. The normalized spacial score (nSPS) is 12.1. The molecule has 3 aromatic carbocycles. The number of rotatable bonds is 9. The SMILES string of the molecule is CC(C)c1ccc2c(Nc3cc(C(=O)NC(C)c4ccc(Br)cc4)ccc3Sc3ccc(NC(=O)OC(C)(C)C)cc3)ncnc2n1. The lowest BCUT2D eigenvalue weighted by Crippen LogP contribution is -2.27. The Morgan fingerprint density at radius 1 is 0.894 bits per heavy atom. The molecule has 1 atom stereocenters. The first-order valence-electron chi connectivity index (χ1n) is 15.2. The minimum absolute atomic E-state index is 0.194. The first-order valence-corrected chi connectivity index (χ1v) is 16.8. The number of nitrogens with zero attached hydrogens (tertiary/aromatic N) is 3. The number of carbonyl (C=O) groups is 2. The molecule has 0 aliphatic rings. The fourth-order valence-electron chi connectivity index (χ4n) is 4.63. The standard InChI is InChI=1S/C36H37BrN6O3S/c1-21(2)29-17-16-28-32(42-29)38-20-39-33(28)43-30-19-24(34(44)40-22(3)23-7-10-25(37)11-8-23)9-18-31(30)47-27-14-12-26(13-15-27)41-35(45)46-36(4,5)6/h7-22H,1-6H3,(H,40,44)(H,41,45)(H,38,39,42,43). The molecule has 0 aliphatic carbocycles. The Morgan fingerprint density at radius 3 is 2.30 bits per heavy atom. The second kappa shape index (κ2) is 14.5. The van der Waals surface area contributed by atoms with Crippen molar-refractivity contribution in [1.29, 1.82) is 0 Å². The van der Waals surface area contributed by atoms with Crippen LogP contribution in [0.1, 0.15) is 75.1 Å². The summed E-state index contributed by atoms with van der Waals surface area (Å²) in [6, 6.07) is 24.7. The molecule has 2 heterocycles. The number of amides is 2. The van der Waals surface area contributed by atoms with Crippen molar-refractivity contribution < 1.29 is 14.3 Å². The molecule has 0 bridgehead atoms. The van der Waals surface area contributed by atoms with Crippen molar-refractivity contribution in [2.24, 2.45) is 0 Å². The van der Waals surface area contributed by atoms with Gasteiger partial charge in [0.2, 0.25) is 0 Å². The number of hydrogen-bond donors (Lipinski definition) is 3. The highest BCUT2D eigenvalue weighted by atomic mass is 79.9. The zero-order valence-electron chi connectivity index (χ0n) is 27.1. The summed E-state index contributed by atoms with van der Waals surface area (Å²) in [4.78, 5) is 41.1. The number of nitrogens with one attached hydrogen (secondary N) is 3. The highest BCUT2D eigenvalue weighted by Gasteiger charge is 2.18. The molecule has 0 aliphatic heterocycles. The van der Waals surface area contributed by atoms with Gasteiger partial charge in [0.25, 0.3) is 5.91 Å².